The Bertz CT molecular complexity index is 593. The fourth-order valence-corrected chi connectivity index (χ4v) is 1.79. The van der Waals surface area contributed by atoms with Crippen molar-refractivity contribution in [3.63, 3.8) is 0 Å². The molecular weight excluding hydrogens is 230 g/mol. The number of carbonyl (C=O) groups is 1. The number of esters is 1. The molecule has 0 spiro atoms. The third-order valence-corrected chi connectivity index (χ3v) is 2.66. The van der Waals surface area contributed by atoms with Gasteiger partial charge in [0.1, 0.15) is 5.75 Å². The van der Waals surface area contributed by atoms with Crippen LogP contribution in [0.4, 0.5) is 5.69 Å². The van der Waals surface area contributed by atoms with Gasteiger partial charge in [-0.25, -0.2) is 4.79 Å². The van der Waals surface area contributed by atoms with Crippen LogP contribution in [0.1, 0.15) is 10.4 Å². The molecule has 4 heteroatoms. The molecular formula is C14H13NO3. The summed E-state index contributed by atoms with van der Waals surface area (Å²) in [5.41, 5.74) is 8.03. The molecule has 0 unspecified atom stereocenters. The van der Waals surface area contributed by atoms with Crippen molar-refractivity contribution in [1.82, 2.24) is 0 Å². The summed E-state index contributed by atoms with van der Waals surface area (Å²) in [7, 11) is 1.31. The summed E-state index contributed by atoms with van der Waals surface area (Å²) in [6.07, 6.45) is 0. The van der Waals surface area contributed by atoms with E-state index in [9.17, 15) is 9.90 Å². The zero-order valence-corrected chi connectivity index (χ0v) is 9.88. The maximum Gasteiger partial charge on any atom is 0.338 e. The normalized spacial score (nSPS) is 10.1. The number of rotatable bonds is 2. The van der Waals surface area contributed by atoms with Crippen molar-refractivity contribution in [3.8, 4) is 16.9 Å². The largest absolute Gasteiger partial charge is 0.508 e. The quantitative estimate of drug-likeness (QED) is 0.627. The number of hydrogen-bond acceptors (Lipinski definition) is 4. The number of carbonyl (C=O) groups excluding carboxylic acids is 1. The summed E-state index contributed by atoms with van der Waals surface area (Å²) in [4.78, 5) is 11.7. The molecule has 92 valence electrons. The van der Waals surface area contributed by atoms with E-state index in [0.717, 1.165) is 0 Å². The molecule has 4 nitrogen and oxygen atoms in total. The molecule has 0 aliphatic heterocycles. The molecule has 0 atom stereocenters. The van der Waals surface area contributed by atoms with E-state index in [4.69, 9.17) is 10.5 Å². The number of methoxy groups -OCH3 is 1. The summed E-state index contributed by atoms with van der Waals surface area (Å²) >= 11 is 0. The van der Waals surface area contributed by atoms with E-state index in [1.807, 2.05) is 6.07 Å². The Labute approximate surface area is 105 Å². The second-order valence-electron chi connectivity index (χ2n) is 3.81. The summed E-state index contributed by atoms with van der Waals surface area (Å²) in [6.45, 7) is 0. The molecule has 3 N–H and O–H groups in total. The van der Waals surface area contributed by atoms with Gasteiger partial charge < -0.3 is 15.6 Å². The maximum absolute atomic E-state index is 11.7. The number of ether oxygens (including phenoxy) is 1. The molecule has 0 radical (unpaired) electrons. The van der Waals surface area contributed by atoms with Gasteiger partial charge in [-0.15, -0.1) is 0 Å². The lowest BCUT2D eigenvalue weighted by atomic mass is 9.98. The first-order chi connectivity index (χ1) is 8.63. The van der Waals surface area contributed by atoms with Crippen LogP contribution in [0.2, 0.25) is 0 Å². The lowest BCUT2D eigenvalue weighted by Crippen LogP contribution is -2.04. The van der Waals surface area contributed by atoms with Gasteiger partial charge in [-0.1, -0.05) is 18.2 Å². The van der Waals surface area contributed by atoms with E-state index in [-0.39, 0.29) is 5.75 Å². The lowest BCUT2D eigenvalue weighted by molar-refractivity contribution is 0.0601. The van der Waals surface area contributed by atoms with Crippen LogP contribution in [-0.4, -0.2) is 18.2 Å². The highest BCUT2D eigenvalue weighted by Gasteiger charge is 2.15. The Hall–Kier alpha value is -2.49. The molecule has 0 aromatic heterocycles. The van der Waals surface area contributed by atoms with Gasteiger partial charge in [-0.2, -0.15) is 0 Å². The zero-order chi connectivity index (χ0) is 13.1. The first kappa shape index (κ1) is 12.0. The van der Waals surface area contributed by atoms with E-state index in [2.05, 4.69) is 0 Å². The third-order valence-electron chi connectivity index (χ3n) is 2.66. The van der Waals surface area contributed by atoms with Crippen LogP contribution in [0.3, 0.4) is 0 Å². The SMILES string of the molecule is COC(=O)c1ccc(O)cc1-c1ccccc1N. The molecule has 0 amide bonds. The molecule has 0 heterocycles. The Kier molecular flexibility index (Phi) is 3.19. The van der Waals surface area contributed by atoms with Gasteiger partial charge in [-0.3, -0.25) is 0 Å². The average Bonchev–Trinajstić information content (AvgIpc) is 2.38. The number of benzene rings is 2. The number of nitrogens with two attached hydrogens (primary N) is 1. The predicted octanol–water partition coefficient (Wildman–Crippen LogP) is 2.43. The standard InChI is InChI=1S/C14H13NO3/c1-18-14(17)11-7-6-9(16)8-12(11)10-4-2-3-5-13(10)15/h2-8,16H,15H2,1H3. The molecule has 0 bridgehead atoms. The highest BCUT2D eigenvalue weighted by Crippen LogP contribution is 2.31. The van der Waals surface area contributed by atoms with Crippen molar-refractivity contribution in [2.24, 2.45) is 0 Å². The lowest BCUT2D eigenvalue weighted by Gasteiger charge is -2.10. The minimum atomic E-state index is -0.465. The van der Waals surface area contributed by atoms with Crippen molar-refractivity contribution in [2.75, 3.05) is 12.8 Å². The molecule has 18 heavy (non-hydrogen) atoms. The monoisotopic (exact) mass is 243 g/mol. The van der Waals surface area contributed by atoms with E-state index < -0.39 is 5.97 Å². The van der Waals surface area contributed by atoms with E-state index in [0.29, 0.717) is 22.4 Å². The van der Waals surface area contributed by atoms with Crippen LogP contribution in [0.25, 0.3) is 11.1 Å². The van der Waals surface area contributed by atoms with Crippen LogP contribution in [-0.2, 0) is 4.74 Å². The Morgan fingerprint density at radius 3 is 2.56 bits per heavy atom. The fourth-order valence-electron chi connectivity index (χ4n) is 1.79. The van der Waals surface area contributed by atoms with E-state index in [1.165, 1.54) is 25.3 Å². The number of nitrogen functional groups attached to an aromatic ring is 1. The van der Waals surface area contributed by atoms with Gasteiger partial charge >= 0.3 is 5.97 Å². The van der Waals surface area contributed by atoms with Gasteiger partial charge in [0.15, 0.2) is 0 Å². The van der Waals surface area contributed by atoms with Gasteiger partial charge in [0, 0.05) is 16.8 Å². The number of para-hydroxylation sites is 1. The topological polar surface area (TPSA) is 72.5 Å². The van der Waals surface area contributed by atoms with Gasteiger partial charge in [0.2, 0.25) is 0 Å². The summed E-state index contributed by atoms with van der Waals surface area (Å²) in [5, 5.41) is 9.55. The Morgan fingerprint density at radius 1 is 1.17 bits per heavy atom. The van der Waals surface area contributed by atoms with Gasteiger partial charge in [0.05, 0.1) is 12.7 Å². The molecule has 2 aromatic rings. The Balaban J connectivity index is 2.66. The zero-order valence-electron chi connectivity index (χ0n) is 9.88. The molecule has 0 aliphatic rings. The van der Waals surface area contributed by atoms with Gasteiger partial charge in [-0.05, 0) is 24.3 Å². The van der Waals surface area contributed by atoms with Crippen LogP contribution in [0, 0.1) is 0 Å². The summed E-state index contributed by atoms with van der Waals surface area (Å²) in [5.74, 6) is -0.394. The van der Waals surface area contributed by atoms with Gasteiger partial charge in [0.25, 0.3) is 0 Å². The molecule has 0 aliphatic carbocycles. The number of phenols is 1. The first-order valence-electron chi connectivity index (χ1n) is 5.39. The molecule has 0 saturated carbocycles. The number of hydrogen-bond donors (Lipinski definition) is 2. The summed E-state index contributed by atoms with van der Waals surface area (Å²) in [6, 6.07) is 11.6. The molecule has 2 rings (SSSR count). The minimum Gasteiger partial charge on any atom is -0.508 e. The van der Waals surface area contributed by atoms with Crippen LogP contribution >= 0.6 is 0 Å². The van der Waals surface area contributed by atoms with E-state index in [1.54, 1.807) is 18.2 Å². The molecule has 2 aromatic carbocycles. The molecule has 0 saturated heterocycles. The molecule has 0 fully saturated rings. The third kappa shape index (κ3) is 2.13. The van der Waals surface area contributed by atoms with Crippen molar-refractivity contribution >= 4 is 11.7 Å². The van der Waals surface area contributed by atoms with Crippen LogP contribution < -0.4 is 5.73 Å². The average molecular weight is 243 g/mol. The highest BCUT2D eigenvalue weighted by molar-refractivity contribution is 5.99. The van der Waals surface area contributed by atoms with Crippen LogP contribution in [0.5, 0.6) is 5.75 Å². The number of anilines is 1. The fraction of sp³-hybridized carbons (Fsp3) is 0.0714. The van der Waals surface area contributed by atoms with Crippen LogP contribution in [0.15, 0.2) is 42.5 Å². The van der Waals surface area contributed by atoms with E-state index >= 15 is 0 Å². The predicted molar refractivity (Wildman–Crippen MR) is 69.3 cm³/mol. The number of phenolic OH excluding ortho intramolecular Hbond substituents is 1. The maximum atomic E-state index is 11.7. The minimum absolute atomic E-state index is 0.0703. The number of aromatic hydroxyl groups is 1. The second kappa shape index (κ2) is 4.79. The smallest absolute Gasteiger partial charge is 0.338 e. The van der Waals surface area contributed by atoms with Crippen molar-refractivity contribution in [3.05, 3.63) is 48.0 Å². The van der Waals surface area contributed by atoms with Crippen molar-refractivity contribution in [1.29, 1.82) is 0 Å². The van der Waals surface area contributed by atoms with Crippen molar-refractivity contribution in [2.45, 2.75) is 0 Å². The first-order valence-corrected chi connectivity index (χ1v) is 5.39. The Morgan fingerprint density at radius 2 is 1.89 bits per heavy atom. The van der Waals surface area contributed by atoms with Crippen molar-refractivity contribution < 1.29 is 14.6 Å². The summed E-state index contributed by atoms with van der Waals surface area (Å²) < 4.78 is 4.72. The highest BCUT2D eigenvalue weighted by atomic mass is 16.5. The second-order valence-corrected chi connectivity index (χ2v) is 3.81.